The van der Waals surface area contributed by atoms with Crippen molar-refractivity contribution in [1.82, 2.24) is 0 Å². The van der Waals surface area contributed by atoms with Crippen molar-refractivity contribution in [2.75, 3.05) is 39.6 Å². The Balaban J connectivity index is 5.17. The van der Waals surface area contributed by atoms with Crippen LogP contribution in [0, 0.1) is 11.8 Å². The quantitative estimate of drug-likeness (QED) is 0.0222. The summed E-state index contributed by atoms with van der Waals surface area (Å²) in [6.07, 6.45) is 62.7. The molecule has 0 aliphatic rings. The molecular weight excluding hydrogens is 1310 g/mol. The van der Waals surface area contributed by atoms with Crippen LogP contribution in [-0.4, -0.2) is 96.7 Å². The van der Waals surface area contributed by atoms with Crippen LogP contribution in [0.4, 0.5) is 0 Å². The first-order valence-electron chi connectivity index (χ1n) is 42.0. The highest BCUT2D eigenvalue weighted by molar-refractivity contribution is 7.47. The highest BCUT2D eigenvalue weighted by Crippen LogP contribution is 2.45. The molecule has 3 N–H and O–H groups in total. The van der Waals surface area contributed by atoms with E-state index in [1.165, 1.54) is 231 Å². The number of esters is 4. The minimum atomic E-state index is -4.96. The first-order chi connectivity index (χ1) is 48.4. The number of aliphatic hydroxyl groups is 1. The van der Waals surface area contributed by atoms with Crippen molar-refractivity contribution in [2.45, 2.75) is 445 Å². The Kier molecular flexibility index (Phi) is 71.2. The maximum atomic E-state index is 13.1. The van der Waals surface area contributed by atoms with Crippen molar-refractivity contribution in [3.63, 3.8) is 0 Å². The van der Waals surface area contributed by atoms with Gasteiger partial charge in [0.15, 0.2) is 12.2 Å². The van der Waals surface area contributed by atoms with Crippen molar-refractivity contribution >= 4 is 39.5 Å². The van der Waals surface area contributed by atoms with Crippen molar-refractivity contribution in [3.8, 4) is 0 Å². The molecule has 0 fully saturated rings. The molecule has 0 amide bonds. The van der Waals surface area contributed by atoms with Crippen molar-refractivity contribution in [1.29, 1.82) is 0 Å². The van der Waals surface area contributed by atoms with E-state index in [9.17, 15) is 43.2 Å². The first kappa shape index (κ1) is 98.1. The minimum Gasteiger partial charge on any atom is -0.462 e. The molecule has 0 saturated carbocycles. The summed E-state index contributed by atoms with van der Waals surface area (Å²) in [5.74, 6) is -0.512. The number of carbonyl (C=O) groups is 4. The number of ether oxygens (including phenoxy) is 4. The summed E-state index contributed by atoms with van der Waals surface area (Å²) in [6, 6.07) is 0. The second-order valence-electron chi connectivity index (χ2n) is 29.9. The van der Waals surface area contributed by atoms with E-state index in [1.807, 2.05) is 0 Å². The summed E-state index contributed by atoms with van der Waals surface area (Å²) in [6.45, 7) is 9.63. The fourth-order valence-corrected chi connectivity index (χ4v) is 14.1. The highest BCUT2D eigenvalue weighted by atomic mass is 31.2. The van der Waals surface area contributed by atoms with Crippen LogP contribution in [0.2, 0.25) is 0 Å². The third-order valence-electron chi connectivity index (χ3n) is 19.3. The fraction of sp³-hybridized carbons (Fsp3) is 0.951. The molecule has 0 aromatic heterocycles. The summed E-state index contributed by atoms with van der Waals surface area (Å²) in [5.41, 5.74) is 0. The lowest BCUT2D eigenvalue weighted by molar-refractivity contribution is -0.161. The Morgan fingerprint density at radius 2 is 0.510 bits per heavy atom. The van der Waals surface area contributed by atoms with Gasteiger partial charge in [0.2, 0.25) is 0 Å². The predicted octanol–water partition coefficient (Wildman–Crippen LogP) is 24.3. The van der Waals surface area contributed by atoms with Gasteiger partial charge in [0.1, 0.15) is 19.3 Å². The van der Waals surface area contributed by atoms with Gasteiger partial charge < -0.3 is 33.8 Å². The number of hydrogen-bond acceptors (Lipinski definition) is 15. The van der Waals surface area contributed by atoms with Gasteiger partial charge >= 0.3 is 39.5 Å². The van der Waals surface area contributed by atoms with Gasteiger partial charge in [-0.1, -0.05) is 375 Å². The summed E-state index contributed by atoms with van der Waals surface area (Å²) in [5, 5.41) is 10.6. The van der Waals surface area contributed by atoms with Crippen molar-refractivity contribution in [3.05, 3.63) is 0 Å². The van der Waals surface area contributed by atoms with E-state index < -0.39 is 97.5 Å². The molecule has 6 atom stereocenters. The Hall–Kier alpha value is -1.94. The lowest BCUT2D eigenvalue weighted by atomic mass is 9.99. The lowest BCUT2D eigenvalue weighted by Crippen LogP contribution is -2.30. The summed E-state index contributed by atoms with van der Waals surface area (Å²) < 4.78 is 68.6. The molecule has 0 aliphatic heterocycles. The molecule has 0 aromatic rings. The molecule has 0 heterocycles. The highest BCUT2D eigenvalue weighted by Gasteiger charge is 2.30. The molecule has 0 rings (SSSR count). The number of phosphoric acid groups is 2. The topological polar surface area (TPSA) is 237 Å². The maximum absolute atomic E-state index is 13.1. The van der Waals surface area contributed by atoms with Gasteiger partial charge in [-0.05, 0) is 37.5 Å². The van der Waals surface area contributed by atoms with E-state index >= 15 is 0 Å². The molecule has 0 spiro atoms. The van der Waals surface area contributed by atoms with Gasteiger partial charge in [0.25, 0.3) is 0 Å². The third kappa shape index (κ3) is 73.0. The zero-order valence-corrected chi connectivity index (χ0v) is 67.3. The third-order valence-corrected chi connectivity index (χ3v) is 21.2. The van der Waals surface area contributed by atoms with Crippen LogP contribution in [-0.2, 0) is 65.4 Å². The van der Waals surface area contributed by atoms with Gasteiger partial charge in [-0.3, -0.25) is 37.3 Å². The number of carbonyl (C=O) groups excluding carboxylic acids is 4. The molecular formula is C81H158O17P2. The molecule has 0 bridgehead atoms. The van der Waals surface area contributed by atoms with Gasteiger partial charge in [-0.2, -0.15) is 0 Å². The SMILES string of the molecule is CCCCCCCCCCCCCCCCCCCCCCCCC(=O)O[C@H](COC(=O)CCCCCCCCCCCCCCCCC(C)C)COP(=O)(O)OC[C@@H](O)COP(=O)(O)OC[C@@H](COC(=O)CCCCCCCCC)OC(=O)CCCCCCCCCCCCC(C)CC. The number of phosphoric ester groups is 2. The maximum Gasteiger partial charge on any atom is 0.472 e. The minimum absolute atomic E-state index is 0.106. The van der Waals surface area contributed by atoms with E-state index in [-0.39, 0.29) is 25.7 Å². The summed E-state index contributed by atoms with van der Waals surface area (Å²) in [4.78, 5) is 72.9. The van der Waals surface area contributed by atoms with Crippen molar-refractivity contribution < 1.29 is 80.2 Å². The molecule has 3 unspecified atom stereocenters. The van der Waals surface area contributed by atoms with Crippen LogP contribution >= 0.6 is 15.6 Å². The Bertz CT molecular complexity index is 1930. The van der Waals surface area contributed by atoms with E-state index in [1.54, 1.807) is 0 Å². The summed E-state index contributed by atoms with van der Waals surface area (Å²) >= 11 is 0. The van der Waals surface area contributed by atoms with E-state index in [2.05, 4.69) is 41.5 Å². The number of rotatable bonds is 80. The molecule has 0 aromatic carbocycles. The zero-order valence-electron chi connectivity index (χ0n) is 65.5. The monoisotopic (exact) mass is 1470 g/mol. The normalized spacial score (nSPS) is 14.2. The second-order valence-corrected chi connectivity index (χ2v) is 32.8. The first-order valence-corrected chi connectivity index (χ1v) is 45.0. The Labute approximate surface area is 613 Å². The van der Waals surface area contributed by atoms with Gasteiger partial charge in [0.05, 0.1) is 26.4 Å². The van der Waals surface area contributed by atoms with Crippen LogP contribution in [0.1, 0.15) is 427 Å². The lowest BCUT2D eigenvalue weighted by Gasteiger charge is -2.21. The molecule has 594 valence electrons. The predicted molar refractivity (Wildman–Crippen MR) is 409 cm³/mol. The second kappa shape index (κ2) is 72.6. The molecule has 100 heavy (non-hydrogen) atoms. The average molecular weight is 1470 g/mol. The smallest absolute Gasteiger partial charge is 0.462 e. The van der Waals surface area contributed by atoms with E-state index in [0.717, 1.165) is 115 Å². The fourth-order valence-electron chi connectivity index (χ4n) is 12.5. The molecule has 0 saturated heterocycles. The van der Waals surface area contributed by atoms with Gasteiger partial charge in [-0.15, -0.1) is 0 Å². The van der Waals surface area contributed by atoms with E-state index in [0.29, 0.717) is 25.7 Å². The number of hydrogen-bond donors (Lipinski definition) is 3. The van der Waals surface area contributed by atoms with Gasteiger partial charge in [-0.25, -0.2) is 9.13 Å². The van der Waals surface area contributed by atoms with Crippen LogP contribution in [0.25, 0.3) is 0 Å². The largest absolute Gasteiger partial charge is 0.472 e. The van der Waals surface area contributed by atoms with Gasteiger partial charge in [0, 0.05) is 25.7 Å². The standard InChI is InChI=1S/C81H158O17P2/c1-7-10-12-14-16-17-18-19-20-21-22-23-24-25-26-27-32-35-41-47-53-59-65-80(85)98-77(70-92-79(84)64-58-52-46-40-34-31-29-28-30-33-38-44-49-55-61-73(4)5)72-96-100(89,90)94-68-75(82)67-93-99(87,88)95-71-76(69-91-78(83)63-57-51-43-15-13-11-8-2)97-81(86)66-60-54-48-42-37-36-39-45-50-56-62-74(6)9-3/h73-77,82H,7-72H2,1-6H3,(H,87,88)(H,89,90)/t74?,75-,76+,77+/m0/s1. The zero-order chi connectivity index (χ0) is 73.5. The van der Waals surface area contributed by atoms with Crippen LogP contribution < -0.4 is 0 Å². The molecule has 17 nitrogen and oxygen atoms in total. The number of unbranched alkanes of at least 4 members (excludes halogenated alkanes) is 49. The average Bonchev–Trinajstić information content (AvgIpc) is 0.931. The van der Waals surface area contributed by atoms with Crippen LogP contribution in [0.3, 0.4) is 0 Å². The summed E-state index contributed by atoms with van der Waals surface area (Å²) in [7, 11) is -9.91. The van der Waals surface area contributed by atoms with Crippen LogP contribution in [0.5, 0.6) is 0 Å². The molecule has 19 heteroatoms. The Morgan fingerprint density at radius 1 is 0.290 bits per heavy atom. The van der Waals surface area contributed by atoms with Crippen molar-refractivity contribution in [2.24, 2.45) is 11.8 Å². The molecule has 0 aliphatic carbocycles. The Morgan fingerprint density at radius 3 is 0.760 bits per heavy atom. The van der Waals surface area contributed by atoms with E-state index in [4.69, 9.17) is 37.0 Å². The number of aliphatic hydroxyl groups excluding tert-OH is 1. The molecule has 0 radical (unpaired) electrons. The van der Waals surface area contributed by atoms with Crippen LogP contribution in [0.15, 0.2) is 0 Å².